The fraction of sp³-hybridized carbons (Fsp3) is 0.545. The molecule has 100 valence electrons. The first-order chi connectivity index (χ1) is 8.52. The third-order valence-electron chi connectivity index (χ3n) is 2.25. The Kier molecular flexibility index (Phi) is 5.16. The fourth-order valence-corrected chi connectivity index (χ4v) is 1.39. The highest BCUT2D eigenvalue weighted by Gasteiger charge is 2.18. The summed E-state index contributed by atoms with van der Waals surface area (Å²) in [5, 5.41) is 13.7. The minimum Gasteiger partial charge on any atom is -0.480 e. The maximum absolute atomic E-state index is 11.5. The summed E-state index contributed by atoms with van der Waals surface area (Å²) in [5.41, 5.74) is 0. The number of carbonyl (C=O) groups is 2. The summed E-state index contributed by atoms with van der Waals surface area (Å²) < 4.78 is 5.16. The first-order valence-corrected chi connectivity index (χ1v) is 5.71. The lowest BCUT2D eigenvalue weighted by molar-refractivity contribution is -0.139. The van der Waals surface area contributed by atoms with Gasteiger partial charge in [-0.25, -0.2) is 14.6 Å². The van der Waals surface area contributed by atoms with E-state index < -0.39 is 18.0 Å². The van der Waals surface area contributed by atoms with Gasteiger partial charge in [-0.2, -0.15) is 0 Å². The van der Waals surface area contributed by atoms with Gasteiger partial charge in [0.25, 0.3) is 0 Å². The van der Waals surface area contributed by atoms with Crippen LogP contribution in [0.4, 0.5) is 4.79 Å². The molecule has 1 atom stereocenters. The number of hydrogen-bond acceptors (Lipinski definition) is 4. The van der Waals surface area contributed by atoms with Crippen molar-refractivity contribution in [2.45, 2.75) is 39.3 Å². The van der Waals surface area contributed by atoms with Gasteiger partial charge >= 0.3 is 12.0 Å². The van der Waals surface area contributed by atoms with Crippen LogP contribution in [0, 0.1) is 6.92 Å². The van der Waals surface area contributed by atoms with Crippen LogP contribution in [0.25, 0.3) is 0 Å². The van der Waals surface area contributed by atoms with Crippen molar-refractivity contribution in [3.63, 3.8) is 0 Å². The predicted molar refractivity (Wildman–Crippen MR) is 62.9 cm³/mol. The number of rotatable bonds is 6. The number of nitrogens with zero attached hydrogens (tertiary/aromatic N) is 1. The normalized spacial score (nSPS) is 11.9. The molecule has 0 aliphatic heterocycles. The molecule has 3 N–H and O–H groups in total. The number of urea groups is 1. The molecular weight excluding hydrogens is 238 g/mol. The van der Waals surface area contributed by atoms with E-state index in [1.165, 1.54) is 0 Å². The zero-order valence-corrected chi connectivity index (χ0v) is 10.4. The number of aryl methyl sites for hydroxylation is 1. The summed E-state index contributed by atoms with van der Waals surface area (Å²) >= 11 is 0. The van der Waals surface area contributed by atoms with Crippen LogP contribution in [0.15, 0.2) is 10.6 Å². The van der Waals surface area contributed by atoms with Gasteiger partial charge in [-0.05, 0) is 13.3 Å². The van der Waals surface area contributed by atoms with Crippen molar-refractivity contribution in [1.82, 2.24) is 15.6 Å². The fourth-order valence-electron chi connectivity index (χ4n) is 1.39. The van der Waals surface area contributed by atoms with Crippen LogP contribution in [0.5, 0.6) is 0 Å². The molecule has 2 amide bonds. The van der Waals surface area contributed by atoms with Gasteiger partial charge in [0, 0.05) is 0 Å². The second-order valence-electron chi connectivity index (χ2n) is 3.87. The van der Waals surface area contributed by atoms with E-state index in [4.69, 9.17) is 9.52 Å². The van der Waals surface area contributed by atoms with E-state index in [0.717, 1.165) is 0 Å². The molecule has 7 nitrogen and oxygen atoms in total. The molecule has 0 radical (unpaired) electrons. The third-order valence-corrected chi connectivity index (χ3v) is 2.25. The molecule has 1 aromatic rings. The molecule has 1 unspecified atom stereocenters. The van der Waals surface area contributed by atoms with Gasteiger partial charge in [0.1, 0.15) is 11.8 Å². The summed E-state index contributed by atoms with van der Waals surface area (Å²) in [6.07, 6.45) is 2.61. The summed E-state index contributed by atoms with van der Waals surface area (Å²) in [4.78, 5) is 26.2. The molecular formula is C11H17N3O4. The van der Waals surface area contributed by atoms with E-state index in [1.807, 2.05) is 6.92 Å². The standard InChI is InChI=1S/C11H17N3O4/c1-3-4-8(10(15)16)14-11(17)13-6-9-12-5-7(2)18-9/h5,8H,3-4,6H2,1-2H3,(H,15,16)(H2,13,14,17). The minimum absolute atomic E-state index is 0.123. The molecule has 0 bridgehead atoms. The first-order valence-electron chi connectivity index (χ1n) is 5.71. The summed E-state index contributed by atoms with van der Waals surface area (Å²) in [6.45, 7) is 3.72. The monoisotopic (exact) mass is 255 g/mol. The highest BCUT2D eigenvalue weighted by molar-refractivity contribution is 5.82. The molecule has 0 aliphatic rings. The molecule has 0 aromatic carbocycles. The SMILES string of the molecule is CCCC(NC(=O)NCc1ncc(C)o1)C(=O)O. The Labute approximate surface area is 105 Å². The summed E-state index contributed by atoms with van der Waals surface area (Å²) in [6, 6.07) is -1.42. The first kappa shape index (κ1) is 14.0. The molecule has 18 heavy (non-hydrogen) atoms. The Balaban J connectivity index is 2.38. The van der Waals surface area contributed by atoms with Crippen molar-refractivity contribution in [3.05, 3.63) is 17.8 Å². The van der Waals surface area contributed by atoms with Crippen molar-refractivity contribution in [3.8, 4) is 0 Å². The molecule has 0 fully saturated rings. The Hall–Kier alpha value is -2.05. The second-order valence-corrected chi connectivity index (χ2v) is 3.87. The smallest absolute Gasteiger partial charge is 0.326 e. The van der Waals surface area contributed by atoms with E-state index >= 15 is 0 Å². The van der Waals surface area contributed by atoms with Gasteiger partial charge < -0.3 is 20.2 Å². The summed E-state index contributed by atoms with van der Waals surface area (Å²) in [7, 11) is 0. The van der Waals surface area contributed by atoms with Crippen LogP contribution < -0.4 is 10.6 Å². The average molecular weight is 255 g/mol. The number of nitrogens with one attached hydrogen (secondary N) is 2. The number of carboxylic acids is 1. The number of amides is 2. The number of carbonyl (C=O) groups excluding carboxylic acids is 1. The quantitative estimate of drug-likeness (QED) is 0.704. The highest BCUT2D eigenvalue weighted by Crippen LogP contribution is 2.01. The topological polar surface area (TPSA) is 104 Å². The van der Waals surface area contributed by atoms with Gasteiger partial charge in [-0.15, -0.1) is 0 Å². The second kappa shape index (κ2) is 6.63. The van der Waals surface area contributed by atoms with Gasteiger partial charge in [0.2, 0.25) is 5.89 Å². The molecule has 1 aromatic heterocycles. The van der Waals surface area contributed by atoms with E-state index in [2.05, 4.69) is 15.6 Å². The van der Waals surface area contributed by atoms with Gasteiger partial charge in [-0.3, -0.25) is 0 Å². The average Bonchev–Trinajstić information content (AvgIpc) is 2.72. The third kappa shape index (κ3) is 4.44. The highest BCUT2D eigenvalue weighted by atomic mass is 16.4. The molecule has 1 heterocycles. The van der Waals surface area contributed by atoms with E-state index in [-0.39, 0.29) is 6.54 Å². The van der Waals surface area contributed by atoms with Crippen LogP contribution >= 0.6 is 0 Å². The molecule has 7 heteroatoms. The van der Waals surface area contributed by atoms with Crippen LogP contribution in [-0.4, -0.2) is 28.1 Å². The Morgan fingerprint density at radius 3 is 2.78 bits per heavy atom. The number of hydrogen-bond donors (Lipinski definition) is 3. The maximum Gasteiger partial charge on any atom is 0.326 e. The molecule has 0 saturated carbocycles. The van der Waals surface area contributed by atoms with E-state index in [1.54, 1.807) is 13.1 Å². The minimum atomic E-state index is -1.04. The van der Waals surface area contributed by atoms with Crippen LogP contribution in [0.2, 0.25) is 0 Å². The lowest BCUT2D eigenvalue weighted by Gasteiger charge is -2.13. The van der Waals surface area contributed by atoms with Crippen LogP contribution in [0.3, 0.4) is 0 Å². The number of aromatic nitrogens is 1. The summed E-state index contributed by atoms with van der Waals surface area (Å²) in [5.74, 6) is -0.00871. The van der Waals surface area contributed by atoms with E-state index in [0.29, 0.717) is 24.5 Å². The predicted octanol–water partition coefficient (Wildman–Crippen LogP) is 1.04. The van der Waals surface area contributed by atoms with Gasteiger partial charge in [0.05, 0.1) is 12.7 Å². The zero-order valence-electron chi connectivity index (χ0n) is 10.4. The Bertz CT molecular complexity index is 416. The zero-order chi connectivity index (χ0) is 13.5. The maximum atomic E-state index is 11.5. The van der Waals surface area contributed by atoms with Crippen LogP contribution in [0.1, 0.15) is 31.4 Å². The number of aliphatic carboxylic acids is 1. The van der Waals surface area contributed by atoms with Crippen LogP contribution in [-0.2, 0) is 11.3 Å². The molecule has 1 rings (SSSR count). The molecule has 0 saturated heterocycles. The van der Waals surface area contributed by atoms with E-state index in [9.17, 15) is 9.59 Å². The van der Waals surface area contributed by atoms with Gasteiger partial charge in [0.15, 0.2) is 0 Å². The van der Waals surface area contributed by atoms with Crippen molar-refractivity contribution in [1.29, 1.82) is 0 Å². The van der Waals surface area contributed by atoms with Crippen molar-refractivity contribution >= 4 is 12.0 Å². The lowest BCUT2D eigenvalue weighted by Crippen LogP contribution is -2.45. The molecule has 0 aliphatic carbocycles. The largest absolute Gasteiger partial charge is 0.480 e. The number of oxazole rings is 1. The van der Waals surface area contributed by atoms with Crippen molar-refractivity contribution in [2.75, 3.05) is 0 Å². The molecule has 0 spiro atoms. The Morgan fingerprint density at radius 1 is 1.56 bits per heavy atom. The Morgan fingerprint density at radius 2 is 2.28 bits per heavy atom. The van der Waals surface area contributed by atoms with Crippen molar-refractivity contribution in [2.24, 2.45) is 0 Å². The lowest BCUT2D eigenvalue weighted by atomic mass is 10.2. The van der Waals surface area contributed by atoms with Crippen molar-refractivity contribution < 1.29 is 19.1 Å². The van der Waals surface area contributed by atoms with Gasteiger partial charge in [-0.1, -0.05) is 13.3 Å². The number of carboxylic acid groups (broad SMARTS) is 1.